The van der Waals surface area contributed by atoms with Crippen LogP contribution in [0.25, 0.3) is 0 Å². The van der Waals surface area contributed by atoms with E-state index in [1.165, 1.54) is 31.7 Å². The van der Waals surface area contributed by atoms with E-state index in [2.05, 4.69) is 82.4 Å². The molecule has 512 valence electrons. The van der Waals surface area contributed by atoms with Crippen LogP contribution in [0.1, 0.15) is 256 Å². The van der Waals surface area contributed by atoms with Gasteiger partial charge in [-0.05, 0) is 184 Å². The lowest BCUT2D eigenvalue weighted by Gasteiger charge is -2.32. The van der Waals surface area contributed by atoms with E-state index in [4.69, 9.17) is 50.3 Å². The Labute approximate surface area is 571 Å². The number of carbonyl (C=O) groups excluding carboxylic acids is 4. The van der Waals surface area contributed by atoms with Crippen LogP contribution in [0.4, 0.5) is 47.1 Å². The van der Waals surface area contributed by atoms with Gasteiger partial charge in [-0.15, -0.1) is 0 Å². The number of anilines is 8. The fourth-order valence-electron chi connectivity index (χ4n) is 8.86. The molecule has 4 saturated carbocycles. The zero-order valence-corrected chi connectivity index (χ0v) is 54.6. The maximum atomic E-state index is 11.8. The Hall–Kier alpha value is -7.56. The summed E-state index contributed by atoms with van der Waals surface area (Å²) in [5.74, 6) is -10.7. The van der Waals surface area contributed by atoms with Gasteiger partial charge in [0.2, 0.25) is 23.8 Å². The molecule has 12 unspecified atom stereocenters. The van der Waals surface area contributed by atoms with Crippen molar-refractivity contribution in [3.05, 3.63) is 47.0 Å². The Morgan fingerprint density at radius 1 is 0.435 bits per heavy atom. The third-order valence-corrected chi connectivity index (χ3v) is 13.4. The molecule has 0 radical (unpaired) electrons. The normalized spacial score (nSPS) is 36.3. The number of amides is 4. The molecule has 12 atom stereocenters. The Balaban J connectivity index is 0.000000267. The van der Waals surface area contributed by atoms with Crippen LogP contribution < -0.4 is 65.5 Å². The molecule has 8 rings (SSSR count). The van der Waals surface area contributed by atoms with Crippen LogP contribution in [0.15, 0.2) is 24.8 Å². The first-order valence-corrected chi connectivity index (χ1v) is 29.8. The molecule has 4 amide bonds. The maximum absolute atomic E-state index is 11.8. The van der Waals surface area contributed by atoms with Gasteiger partial charge in [-0.2, -0.15) is 19.9 Å². The van der Waals surface area contributed by atoms with Gasteiger partial charge in [0.05, 0.1) is 53.5 Å². The molecule has 0 saturated heterocycles. The fourth-order valence-corrected chi connectivity index (χ4v) is 8.86. The van der Waals surface area contributed by atoms with Crippen LogP contribution in [-0.4, -0.2) is 155 Å². The summed E-state index contributed by atoms with van der Waals surface area (Å²) >= 11 is 0. The van der Waals surface area contributed by atoms with E-state index in [0.717, 1.165) is 0 Å². The molecule has 4 aromatic heterocycles. The summed E-state index contributed by atoms with van der Waals surface area (Å²) in [6, 6.07) is -4.88. The number of nitrogens with two attached hydrogens (primary N) is 4. The molecule has 4 aliphatic carbocycles. The van der Waals surface area contributed by atoms with E-state index >= 15 is 0 Å². The van der Waals surface area contributed by atoms with Crippen molar-refractivity contribution < 1.29 is 67.0 Å². The number of nitrogens with zero attached hydrogens (tertiary/aromatic N) is 8. The van der Waals surface area contributed by atoms with Crippen molar-refractivity contribution in [2.75, 3.05) is 42.5 Å². The van der Waals surface area contributed by atoms with Crippen LogP contribution in [0.5, 0.6) is 0 Å². The number of hydrogen-bond donors (Lipinski definition) is 16. The highest BCUT2D eigenvalue weighted by molar-refractivity contribution is 5.99. The first-order valence-electron chi connectivity index (χ1n) is 39.8. The molecular weight excluding hydrogens is 1180 g/mol. The molecule has 4 aromatic rings. The topological polar surface area (TPSA) is 453 Å². The summed E-state index contributed by atoms with van der Waals surface area (Å²) in [7, 11) is 0. The number of aliphatic hydroxyl groups is 4. The van der Waals surface area contributed by atoms with Crippen LogP contribution >= 0.6 is 0 Å². The Kier molecular flexibility index (Phi) is 17.6. The van der Waals surface area contributed by atoms with E-state index in [1.807, 2.05) is 83.1 Å². The molecule has 0 aromatic carbocycles. The summed E-state index contributed by atoms with van der Waals surface area (Å²) in [5.41, 5.74) is 20.0. The lowest BCUT2D eigenvalue weighted by Crippen LogP contribution is -2.36. The third kappa shape index (κ3) is 24.8. The van der Waals surface area contributed by atoms with Crippen LogP contribution in [0, 0.1) is 23.6 Å². The molecule has 28 heteroatoms. The number of rotatable bonds is 16. The number of primary amides is 4. The highest BCUT2D eigenvalue weighted by Gasteiger charge is 2.32. The fraction of sp³-hybridized carbons (Fsp3) is 0.688. The van der Waals surface area contributed by atoms with E-state index < -0.39 is 135 Å². The van der Waals surface area contributed by atoms with Gasteiger partial charge in [-0.25, -0.2) is 19.9 Å². The van der Waals surface area contributed by atoms with Gasteiger partial charge in [-0.1, -0.05) is 27.5 Å². The Morgan fingerprint density at radius 2 is 0.717 bits per heavy atom. The maximum Gasteiger partial charge on any atom is 0.254 e. The highest BCUT2D eigenvalue weighted by atomic mass is 16.3. The van der Waals surface area contributed by atoms with Gasteiger partial charge in [-0.3, -0.25) is 19.2 Å². The zero-order valence-electron chi connectivity index (χ0n) is 74.6. The summed E-state index contributed by atoms with van der Waals surface area (Å²) < 4.78 is 158. The summed E-state index contributed by atoms with van der Waals surface area (Å²) in [4.78, 5) is 80.1. The average Bonchev–Trinajstić information content (AvgIpc) is 0.744. The lowest BCUT2D eigenvalue weighted by atomic mass is 9.85. The second-order valence-corrected chi connectivity index (χ2v) is 26.6. The molecule has 0 bridgehead atoms. The van der Waals surface area contributed by atoms with E-state index in [1.54, 1.807) is 0 Å². The number of carbonyl (C=O) groups is 4. The predicted octanol–water partition coefficient (Wildman–Crippen LogP) is 6.99. The first-order chi connectivity index (χ1) is 50.1. The van der Waals surface area contributed by atoms with E-state index in [0.29, 0.717) is 0 Å². The minimum atomic E-state index is -2.90. The van der Waals surface area contributed by atoms with Crippen molar-refractivity contribution in [2.45, 2.75) is 258 Å². The second kappa shape index (κ2) is 32.3. The quantitative estimate of drug-likeness (QED) is 0.0537. The molecule has 0 spiro atoms. The minimum Gasteiger partial charge on any atom is -0.393 e. The van der Waals surface area contributed by atoms with Crippen LogP contribution in [-0.2, 0) is 0 Å². The SMILES string of the molecule is [2H]C([2H])([2H])C1([2H])CCC(Nc2nc(NC(C)(C)C)ncc2C(N)=O)CC1([2H])O.[2H]C1(Nc2nc(NC(C)(C)C)ncc2C(N)=O)CCC([2H])(C([2H])([2H])[2H])C([2H])(O)C1.[2H]C1(Nc2nc(NC(C)(C)C)ncc2C(N)=O)CCC([2H])(C)C([2H])(O)C1.[2H]C1([2H])C(Nc2nc(NC(C)(C)C)ncc2C(N)=O)CCC([2H])(C([2H])([2H])[2H])C1O. The van der Waals surface area contributed by atoms with Crippen molar-refractivity contribution in [1.29, 1.82) is 0 Å². The minimum absolute atomic E-state index is 0.0174. The van der Waals surface area contributed by atoms with Crippen molar-refractivity contribution in [3.63, 3.8) is 0 Å². The summed E-state index contributed by atoms with van der Waals surface area (Å²) in [5, 5.41) is 65.0. The smallest absolute Gasteiger partial charge is 0.254 e. The van der Waals surface area contributed by atoms with Gasteiger partial charge in [0.25, 0.3) is 23.6 Å². The molecular formula is C64H108N20O8. The van der Waals surface area contributed by atoms with Crippen LogP contribution in [0.3, 0.4) is 0 Å². The van der Waals surface area contributed by atoms with Gasteiger partial charge in [0.1, 0.15) is 23.3 Å². The molecule has 92 heavy (non-hydrogen) atoms. The monoisotopic (exact) mass is 1300 g/mol. The average molecular weight is 1310 g/mol. The molecule has 4 heterocycles. The molecule has 4 aliphatic rings. The Bertz CT molecular complexity index is 4050. The van der Waals surface area contributed by atoms with Gasteiger partial charge in [0, 0.05) is 91.6 Å². The molecule has 0 aliphatic heterocycles. The lowest BCUT2D eigenvalue weighted by molar-refractivity contribution is 0.0737. The first kappa shape index (κ1) is 50.0. The molecule has 28 nitrogen and oxygen atoms in total. The second-order valence-electron chi connectivity index (χ2n) is 26.6. The molecule has 4 fully saturated rings. The van der Waals surface area contributed by atoms with Crippen molar-refractivity contribution in [3.8, 4) is 0 Å². The number of nitrogens with one attached hydrogen (secondary N) is 8. The van der Waals surface area contributed by atoms with Crippen molar-refractivity contribution >= 4 is 70.7 Å². The summed E-state index contributed by atoms with van der Waals surface area (Å²) in [6.07, 6.45) is -8.86. The highest BCUT2D eigenvalue weighted by Crippen LogP contribution is 2.32. The van der Waals surface area contributed by atoms with Gasteiger partial charge < -0.3 is 85.9 Å². The predicted molar refractivity (Wildman–Crippen MR) is 361 cm³/mol. The Morgan fingerprint density at radius 3 is 1.02 bits per heavy atom. The van der Waals surface area contributed by atoms with E-state index in [-0.39, 0.29) is 149 Å². The number of aliphatic hydroxyl groups excluding tert-OH is 1. The van der Waals surface area contributed by atoms with Crippen molar-refractivity contribution in [1.82, 2.24) is 39.9 Å². The van der Waals surface area contributed by atoms with E-state index in [9.17, 15) is 39.6 Å². The standard InChI is InChI=1S/4C16H27N5O2/c4*1-9-5-6-10(7-12(9)22)19-14-11(13(17)23)8-18-15(20-14)21-16(2,3)4/h4*8-10,12,22H,5-7H2,1-4H3,(H2,17,23)(H2,18,19,20,21)/i1D3,9D,10D,12D;9D,10D,12D;1D3,9D,12D;1D3,7D2,9D. The third-order valence-electron chi connectivity index (χ3n) is 13.4. The van der Waals surface area contributed by atoms with Crippen molar-refractivity contribution in [2.24, 2.45) is 46.5 Å². The summed E-state index contributed by atoms with van der Waals surface area (Å²) in [6.45, 7) is 15.7. The zero-order chi connectivity index (χ0) is 86.4. The van der Waals surface area contributed by atoms with Gasteiger partial charge >= 0.3 is 0 Å². The van der Waals surface area contributed by atoms with Gasteiger partial charge in [0.15, 0.2) is 0 Å². The number of hydrogen-bond acceptors (Lipinski definition) is 24. The largest absolute Gasteiger partial charge is 0.393 e. The number of aromatic nitrogens is 8. The van der Waals surface area contributed by atoms with Crippen LogP contribution in [0.2, 0.25) is 0 Å². The molecule has 20 N–H and O–H groups in total.